The SMILES string of the molecule is COc1ccc2cc(CN(Cc3cccnc3)Cc3ccco3)ccc2c1. The molecule has 0 unspecified atom stereocenters. The van der Waals surface area contributed by atoms with Gasteiger partial charge >= 0.3 is 0 Å². The summed E-state index contributed by atoms with van der Waals surface area (Å²) >= 11 is 0. The van der Waals surface area contributed by atoms with Gasteiger partial charge in [0, 0.05) is 25.5 Å². The molecule has 4 rings (SSSR count). The summed E-state index contributed by atoms with van der Waals surface area (Å²) in [7, 11) is 1.69. The first-order valence-corrected chi connectivity index (χ1v) is 9.00. The summed E-state index contributed by atoms with van der Waals surface area (Å²) in [5.74, 6) is 1.84. The molecule has 2 aromatic heterocycles. The van der Waals surface area contributed by atoms with Gasteiger partial charge in [-0.15, -0.1) is 0 Å². The van der Waals surface area contributed by atoms with E-state index < -0.39 is 0 Å². The second kappa shape index (κ2) is 8.06. The standard InChI is InChI=1S/C23H22N2O2/c1-26-22-9-8-20-12-18(6-7-21(20)13-22)15-25(17-23-5-3-11-27-23)16-19-4-2-10-24-14-19/h2-14H,15-17H2,1H3. The van der Waals surface area contributed by atoms with Gasteiger partial charge in [0.25, 0.3) is 0 Å². The number of fused-ring (bicyclic) bond motifs is 1. The molecule has 0 saturated heterocycles. The number of pyridine rings is 1. The van der Waals surface area contributed by atoms with Crippen molar-refractivity contribution in [2.45, 2.75) is 19.6 Å². The summed E-state index contributed by atoms with van der Waals surface area (Å²) in [5, 5.41) is 2.40. The fourth-order valence-electron chi connectivity index (χ4n) is 3.30. The minimum absolute atomic E-state index is 0.753. The number of furan rings is 1. The highest BCUT2D eigenvalue weighted by Crippen LogP contribution is 2.23. The molecule has 0 atom stereocenters. The Balaban J connectivity index is 1.57. The number of rotatable bonds is 7. The molecule has 0 bridgehead atoms. The molecule has 0 spiro atoms. The van der Waals surface area contributed by atoms with Crippen molar-refractivity contribution in [1.82, 2.24) is 9.88 Å². The average Bonchev–Trinajstić information content (AvgIpc) is 3.21. The summed E-state index contributed by atoms with van der Waals surface area (Å²) in [5.41, 5.74) is 2.46. The zero-order chi connectivity index (χ0) is 18.5. The second-order valence-corrected chi connectivity index (χ2v) is 6.63. The predicted octanol–water partition coefficient (Wildman–Crippen LogP) is 5.04. The van der Waals surface area contributed by atoms with E-state index in [1.807, 2.05) is 30.5 Å². The van der Waals surface area contributed by atoms with Crippen LogP contribution in [0, 0.1) is 0 Å². The maximum absolute atomic E-state index is 5.56. The maximum Gasteiger partial charge on any atom is 0.119 e. The van der Waals surface area contributed by atoms with Gasteiger partial charge in [0.15, 0.2) is 0 Å². The van der Waals surface area contributed by atoms with Crippen LogP contribution in [0.3, 0.4) is 0 Å². The molecule has 0 amide bonds. The van der Waals surface area contributed by atoms with Gasteiger partial charge in [0.1, 0.15) is 11.5 Å². The van der Waals surface area contributed by atoms with E-state index in [1.54, 1.807) is 19.6 Å². The van der Waals surface area contributed by atoms with Crippen LogP contribution in [0.25, 0.3) is 10.8 Å². The van der Waals surface area contributed by atoms with Crippen LogP contribution in [0.1, 0.15) is 16.9 Å². The lowest BCUT2D eigenvalue weighted by atomic mass is 10.1. The van der Waals surface area contributed by atoms with Crippen LogP contribution in [0.2, 0.25) is 0 Å². The van der Waals surface area contributed by atoms with E-state index in [1.165, 1.54) is 21.9 Å². The topological polar surface area (TPSA) is 38.5 Å². The van der Waals surface area contributed by atoms with Gasteiger partial charge < -0.3 is 9.15 Å². The zero-order valence-corrected chi connectivity index (χ0v) is 15.3. The van der Waals surface area contributed by atoms with Crippen molar-refractivity contribution in [2.75, 3.05) is 7.11 Å². The Morgan fingerprint density at radius 3 is 2.52 bits per heavy atom. The number of benzene rings is 2. The molecule has 27 heavy (non-hydrogen) atoms. The van der Waals surface area contributed by atoms with Crippen molar-refractivity contribution in [3.05, 3.63) is 96.2 Å². The fraction of sp³-hybridized carbons (Fsp3) is 0.174. The summed E-state index contributed by atoms with van der Waals surface area (Å²) in [6.07, 6.45) is 5.45. The second-order valence-electron chi connectivity index (χ2n) is 6.63. The molecule has 0 aliphatic rings. The first kappa shape index (κ1) is 17.3. The van der Waals surface area contributed by atoms with Gasteiger partial charge in [0.2, 0.25) is 0 Å². The van der Waals surface area contributed by atoms with Crippen LogP contribution in [-0.2, 0) is 19.6 Å². The number of hydrogen-bond donors (Lipinski definition) is 0. The molecule has 136 valence electrons. The molecule has 2 heterocycles. The Morgan fingerprint density at radius 2 is 1.74 bits per heavy atom. The average molecular weight is 358 g/mol. The van der Waals surface area contributed by atoms with Crippen molar-refractivity contribution in [3.63, 3.8) is 0 Å². The number of nitrogens with zero attached hydrogens (tertiary/aromatic N) is 2. The van der Waals surface area contributed by atoms with Crippen molar-refractivity contribution >= 4 is 10.8 Å². The molecule has 4 heteroatoms. The smallest absolute Gasteiger partial charge is 0.119 e. The molecule has 0 fully saturated rings. The Morgan fingerprint density at radius 1 is 0.889 bits per heavy atom. The predicted molar refractivity (Wildman–Crippen MR) is 106 cm³/mol. The van der Waals surface area contributed by atoms with E-state index in [9.17, 15) is 0 Å². The zero-order valence-electron chi connectivity index (χ0n) is 15.3. The van der Waals surface area contributed by atoms with Crippen LogP contribution in [0.15, 0.2) is 83.7 Å². The van der Waals surface area contributed by atoms with E-state index in [2.05, 4.69) is 46.3 Å². The third-order valence-corrected chi connectivity index (χ3v) is 4.61. The summed E-state index contributed by atoms with van der Waals surface area (Å²) in [6.45, 7) is 2.40. The molecular formula is C23H22N2O2. The minimum atomic E-state index is 0.753. The van der Waals surface area contributed by atoms with E-state index in [0.717, 1.165) is 31.1 Å². The van der Waals surface area contributed by atoms with Crippen LogP contribution >= 0.6 is 0 Å². The Labute approximate surface area is 159 Å². The molecule has 0 aliphatic carbocycles. The van der Waals surface area contributed by atoms with Crippen LogP contribution in [0.4, 0.5) is 0 Å². The number of ether oxygens (including phenoxy) is 1. The molecular weight excluding hydrogens is 336 g/mol. The number of methoxy groups -OCH3 is 1. The highest BCUT2D eigenvalue weighted by atomic mass is 16.5. The Bertz CT molecular complexity index is 998. The van der Waals surface area contributed by atoms with E-state index >= 15 is 0 Å². The molecule has 0 N–H and O–H groups in total. The number of hydrogen-bond acceptors (Lipinski definition) is 4. The van der Waals surface area contributed by atoms with Gasteiger partial charge in [-0.05, 0) is 58.3 Å². The van der Waals surface area contributed by atoms with Crippen LogP contribution < -0.4 is 4.74 Å². The molecule has 0 saturated carbocycles. The van der Waals surface area contributed by atoms with Gasteiger partial charge in [-0.1, -0.05) is 24.3 Å². The summed E-state index contributed by atoms with van der Waals surface area (Å²) in [6, 6.07) is 20.8. The minimum Gasteiger partial charge on any atom is -0.497 e. The van der Waals surface area contributed by atoms with E-state index in [4.69, 9.17) is 9.15 Å². The Hall–Kier alpha value is -3.11. The lowest BCUT2D eigenvalue weighted by Gasteiger charge is -2.21. The lowest BCUT2D eigenvalue weighted by molar-refractivity contribution is 0.227. The van der Waals surface area contributed by atoms with Gasteiger partial charge in [-0.2, -0.15) is 0 Å². The largest absolute Gasteiger partial charge is 0.497 e. The normalized spacial score (nSPS) is 11.2. The van der Waals surface area contributed by atoms with Gasteiger partial charge in [-0.25, -0.2) is 0 Å². The summed E-state index contributed by atoms with van der Waals surface area (Å²) < 4.78 is 10.9. The van der Waals surface area contributed by atoms with Crippen molar-refractivity contribution < 1.29 is 9.15 Å². The molecule has 4 aromatic rings. The lowest BCUT2D eigenvalue weighted by Crippen LogP contribution is -2.22. The molecule has 0 aliphatic heterocycles. The molecule has 0 radical (unpaired) electrons. The van der Waals surface area contributed by atoms with Crippen LogP contribution in [0.5, 0.6) is 5.75 Å². The first-order chi connectivity index (χ1) is 13.3. The first-order valence-electron chi connectivity index (χ1n) is 9.00. The fourth-order valence-corrected chi connectivity index (χ4v) is 3.30. The highest BCUT2D eigenvalue weighted by Gasteiger charge is 2.11. The van der Waals surface area contributed by atoms with Crippen molar-refractivity contribution in [2.24, 2.45) is 0 Å². The van der Waals surface area contributed by atoms with Crippen molar-refractivity contribution in [3.8, 4) is 5.75 Å². The number of aromatic nitrogens is 1. The third-order valence-electron chi connectivity index (χ3n) is 4.61. The van der Waals surface area contributed by atoms with Gasteiger partial charge in [-0.3, -0.25) is 9.88 Å². The monoisotopic (exact) mass is 358 g/mol. The maximum atomic E-state index is 5.56. The highest BCUT2D eigenvalue weighted by molar-refractivity contribution is 5.84. The van der Waals surface area contributed by atoms with Gasteiger partial charge in [0.05, 0.1) is 19.9 Å². The molecule has 2 aromatic carbocycles. The van der Waals surface area contributed by atoms with E-state index in [0.29, 0.717) is 0 Å². The quantitative estimate of drug-likeness (QED) is 0.464. The van der Waals surface area contributed by atoms with E-state index in [-0.39, 0.29) is 0 Å². The summed E-state index contributed by atoms with van der Waals surface area (Å²) in [4.78, 5) is 6.60. The van der Waals surface area contributed by atoms with Crippen LogP contribution in [-0.4, -0.2) is 17.0 Å². The van der Waals surface area contributed by atoms with Crippen molar-refractivity contribution in [1.29, 1.82) is 0 Å². The Kier molecular flexibility index (Phi) is 5.17. The third kappa shape index (κ3) is 4.36. The molecule has 4 nitrogen and oxygen atoms in total.